The first-order valence-corrected chi connectivity index (χ1v) is 10.7. The van der Waals surface area contributed by atoms with Crippen LogP contribution in [-0.2, 0) is 21.4 Å². The molecule has 0 unspecified atom stereocenters. The molecule has 0 saturated heterocycles. The molecule has 0 aliphatic heterocycles. The smallest absolute Gasteiger partial charge is 0.243 e. The Morgan fingerprint density at radius 1 is 1.07 bits per heavy atom. The van der Waals surface area contributed by atoms with E-state index in [0.29, 0.717) is 22.2 Å². The third kappa shape index (κ3) is 5.69. The molecule has 0 spiro atoms. The maximum Gasteiger partial charge on any atom is 0.243 e. The quantitative estimate of drug-likeness (QED) is 0.690. The summed E-state index contributed by atoms with van der Waals surface area (Å²) in [4.78, 5) is 12.3. The van der Waals surface area contributed by atoms with E-state index in [1.807, 2.05) is 13.8 Å². The normalized spacial score (nSPS) is 11.6. The molecule has 8 heteroatoms. The number of halogens is 2. The predicted octanol–water partition coefficient (Wildman–Crippen LogP) is 4.02. The molecule has 2 aromatic carbocycles. The third-order valence-electron chi connectivity index (χ3n) is 3.95. The third-order valence-corrected chi connectivity index (χ3v) is 6.46. The molecule has 0 aliphatic carbocycles. The van der Waals surface area contributed by atoms with Crippen LogP contribution < -0.4 is 5.32 Å². The van der Waals surface area contributed by atoms with Crippen LogP contribution in [0.2, 0.25) is 10.0 Å². The van der Waals surface area contributed by atoms with Gasteiger partial charge in [0.05, 0.1) is 11.4 Å². The van der Waals surface area contributed by atoms with Crippen molar-refractivity contribution >= 4 is 39.1 Å². The number of carbonyl (C=O) groups is 1. The Morgan fingerprint density at radius 2 is 1.67 bits per heavy atom. The number of carbonyl (C=O) groups excluding carboxylic acids is 1. The fourth-order valence-electron chi connectivity index (χ4n) is 2.43. The molecule has 0 atom stereocenters. The van der Waals surface area contributed by atoms with Gasteiger partial charge in [-0.25, -0.2) is 8.42 Å². The Kier molecular flexibility index (Phi) is 7.68. The Morgan fingerprint density at radius 3 is 2.22 bits per heavy atom. The highest BCUT2D eigenvalue weighted by Crippen LogP contribution is 2.28. The van der Waals surface area contributed by atoms with E-state index in [-0.39, 0.29) is 23.9 Å². The summed E-state index contributed by atoms with van der Waals surface area (Å²) < 4.78 is 27.4. The number of hydrogen-bond acceptors (Lipinski definition) is 3. The second-order valence-corrected chi connectivity index (χ2v) is 8.89. The van der Waals surface area contributed by atoms with Crippen molar-refractivity contribution < 1.29 is 13.2 Å². The minimum Gasteiger partial charge on any atom is -0.355 e. The summed E-state index contributed by atoms with van der Waals surface area (Å²) in [7, 11) is -3.91. The summed E-state index contributed by atoms with van der Waals surface area (Å²) >= 11 is 12.4. The van der Waals surface area contributed by atoms with Gasteiger partial charge in [0.2, 0.25) is 15.9 Å². The van der Waals surface area contributed by atoms with E-state index in [4.69, 9.17) is 23.2 Å². The largest absolute Gasteiger partial charge is 0.355 e. The maximum absolute atomic E-state index is 13.1. The van der Waals surface area contributed by atoms with Crippen molar-refractivity contribution in [1.29, 1.82) is 0 Å². The Labute approximate surface area is 170 Å². The zero-order valence-corrected chi connectivity index (χ0v) is 17.5. The molecule has 0 fully saturated rings. The van der Waals surface area contributed by atoms with Crippen LogP contribution in [0.15, 0.2) is 47.4 Å². The average Bonchev–Trinajstić information content (AvgIpc) is 2.62. The Balaban J connectivity index is 2.39. The van der Waals surface area contributed by atoms with Gasteiger partial charge in [-0.3, -0.25) is 4.79 Å². The number of rotatable bonds is 8. The van der Waals surface area contributed by atoms with Gasteiger partial charge in [0.15, 0.2) is 0 Å². The minimum atomic E-state index is -3.91. The summed E-state index contributed by atoms with van der Waals surface area (Å²) in [5.74, 6) is -0.379. The summed E-state index contributed by atoms with van der Waals surface area (Å²) in [5.41, 5.74) is 1.40. The molecule has 5 nitrogen and oxygen atoms in total. The standard InChI is InChI=1S/C19H22Cl2N2O3S/c1-3-11-22-19(24)13-23(12-16-17(20)5-4-6-18(16)21)27(25,26)15-9-7-14(2)8-10-15/h4-10H,3,11-13H2,1-2H3,(H,22,24). The van der Waals surface area contributed by atoms with E-state index in [0.717, 1.165) is 16.3 Å². The van der Waals surface area contributed by atoms with Crippen molar-refractivity contribution in [3.63, 3.8) is 0 Å². The zero-order valence-electron chi connectivity index (χ0n) is 15.2. The molecule has 0 heterocycles. The van der Waals surface area contributed by atoms with Gasteiger partial charge in [0.25, 0.3) is 0 Å². The van der Waals surface area contributed by atoms with Gasteiger partial charge in [0, 0.05) is 28.7 Å². The first-order valence-electron chi connectivity index (χ1n) is 8.52. The van der Waals surface area contributed by atoms with Gasteiger partial charge in [-0.2, -0.15) is 4.31 Å². The molecule has 2 aromatic rings. The van der Waals surface area contributed by atoms with Crippen LogP contribution in [0.25, 0.3) is 0 Å². The van der Waals surface area contributed by atoms with Crippen LogP contribution in [0.5, 0.6) is 0 Å². The molecule has 2 rings (SSSR count). The van der Waals surface area contributed by atoms with Crippen molar-refractivity contribution in [2.45, 2.75) is 31.7 Å². The van der Waals surface area contributed by atoms with Crippen molar-refractivity contribution in [2.24, 2.45) is 0 Å². The second kappa shape index (κ2) is 9.55. The van der Waals surface area contributed by atoms with Gasteiger partial charge < -0.3 is 5.32 Å². The minimum absolute atomic E-state index is 0.103. The van der Waals surface area contributed by atoms with Gasteiger partial charge in [-0.15, -0.1) is 0 Å². The Bertz CT molecular complexity index is 879. The molecule has 0 aliphatic rings. The van der Waals surface area contributed by atoms with Crippen LogP contribution in [0.3, 0.4) is 0 Å². The average molecular weight is 429 g/mol. The van der Waals surface area contributed by atoms with Crippen LogP contribution in [0.1, 0.15) is 24.5 Å². The lowest BCUT2D eigenvalue weighted by Gasteiger charge is -2.23. The molecular formula is C19H22Cl2N2O3S. The zero-order chi connectivity index (χ0) is 20.0. The fourth-order valence-corrected chi connectivity index (χ4v) is 4.31. The van der Waals surface area contributed by atoms with E-state index in [2.05, 4.69) is 5.32 Å². The number of hydrogen-bond donors (Lipinski definition) is 1. The number of benzene rings is 2. The molecule has 0 saturated carbocycles. The van der Waals surface area contributed by atoms with Crippen LogP contribution in [-0.4, -0.2) is 31.7 Å². The summed E-state index contributed by atoms with van der Waals surface area (Å²) in [6.45, 7) is 3.84. The molecule has 1 N–H and O–H groups in total. The van der Waals surface area contributed by atoms with E-state index >= 15 is 0 Å². The lowest BCUT2D eigenvalue weighted by Crippen LogP contribution is -2.40. The van der Waals surface area contributed by atoms with Crippen molar-refractivity contribution in [1.82, 2.24) is 9.62 Å². The first kappa shape index (κ1) is 21.7. The number of nitrogens with zero attached hydrogens (tertiary/aromatic N) is 1. The van der Waals surface area contributed by atoms with Gasteiger partial charge in [0.1, 0.15) is 0 Å². The highest BCUT2D eigenvalue weighted by Gasteiger charge is 2.28. The van der Waals surface area contributed by atoms with Gasteiger partial charge >= 0.3 is 0 Å². The summed E-state index contributed by atoms with van der Waals surface area (Å²) in [5, 5.41) is 3.39. The van der Waals surface area contributed by atoms with E-state index < -0.39 is 10.0 Å². The van der Waals surface area contributed by atoms with Crippen LogP contribution in [0, 0.1) is 6.92 Å². The molecule has 0 bridgehead atoms. The lowest BCUT2D eigenvalue weighted by molar-refractivity contribution is -0.121. The monoisotopic (exact) mass is 428 g/mol. The molecule has 0 aromatic heterocycles. The highest BCUT2D eigenvalue weighted by molar-refractivity contribution is 7.89. The number of amides is 1. The van der Waals surface area contributed by atoms with Crippen molar-refractivity contribution in [3.05, 3.63) is 63.6 Å². The molecule has 27 heavy (non-hydrogen) atoms. The Hall–Kier alpha value is -1.60. The second-order valence-electron chi connectivity index (χ2n) is 6.14. The highest BCUT2D eigenvalue weighted by atomic mass is 35.5. The summed E-state index contributed by atoms with van der Waals surface area (Å²) in [6.07, 6.45) is 0.757. The van der Waals surface area contributed by atoms with Crippen LogP contribution in [0.4, 0.5) is 0 Å². The van der Waals surface area contributed by atoms with Gasteiger partial charge in [-0.05, 0) is 37.6 Å². The molecule has 0 radical (unpaired) electrons. The molecular weight excluding hydrogens is 407 g/mol. The molecule has 1 amide bonds. The van der Waals surface area contributed by atoms with Crippen molar-refractivity contribution in [3.8, 4) is 0 Å². The first-order chi connectivity index (χ1) is 12.8. The number of sulfonamides is 1. The van der Waals surface area contributed by atoms with E-state index in [1.165, 1.54) is 12.1 Å². The number of aryl methyl sites for hydroxylation is 1. The maximum atomic E-state index is 13.1. The SMILES string of the molecule is CCCNC(=O)CN(Cc1c(Cl)cccc1Cl)S(=O)(=O)c1ccc(C)cc1. The predicted molar refractivity (Wildman–Crippen MR) is 109 cm³/mol. The fraction of sp³-hybridized carbons (Fsp3) is 0.316. The molecule has 146 valence electrons. The lowest BCUT2D eigenvalue weighted by atomic mass is 10.2. The van der Waals surface area contributed by atoms with Crippen LogP contribution >= 0.6 is 23.2 Å². The van der Waals surface area contributed by atoms with Crippen molar-refractivity contribution in [2.75, 3.05) is 13.1 Å². The van der Waals surface area contributed by atoms with E-state index in [1.54, 1.807) is 30.3 Å². The number of nitrogens with one attached hydrogen (secondary N) is 1. The topological polar surface area (TPSA) is 66.5 Å². The summed E-state index contributed by atoms with van der Waals surface area (Å²) in [6, 6.07) is 11.4. The van der Waals surface area contributed by atoms with Gasteiger partial charge in [-0.1, -0.05) is 53.9 Å². The van der Waals surface area contributed by atoms with E-state index in [9.17, 15) is 13.2 Å².